The van der Waals surface area contributed by atoms with Crippen molar-refractivity contribution < 1.29 is 0 Å². The summed E-state index contributed by atoms with van der Waals surface area (Å²) >= 11 is 0. The van der Waals surface area contributed by atoms with Crippen molar-refractivity contribution in [2.75, 3.05) is 6.54 Å². The number of hydrogen-bond donors (Lipinski definition) is 1. The highest BCUT2D eigenvalue weighted by atomic mass is 14.6. The van der Waals surface area contributed by atoms with Crippen molar-refractivity contribution in [3.63, 3.8) is 0 Å². The number of nitrogens with two attached hydrogens (primary N) is 1. The number of benzene rings is 2. The minimum atomic E-state index is -0.112. The van der Waals surface area contributed by atoms with Gasteiger partial charge in [-0.3, -0.25) is 0 Å². The van der Waals surface area contributed by atoms with Crippen LogP contribution in [0.25, 0.3) is 0 Å². The lowest BCUT2D eigenvalue weighted by atomic mass is 9.63. The van der Waals surface area contributed by atoms with Gasteiger partial charge < -0.3 is 5.73 Å². The Morgan fingerprint density at radius 1 is 0.905 bits per heavy atom. The van der Waals surface area contributed by atoms with Gasteiger partial charge in [-0.15, -0.1) is 0 Å². The third kappa shape index (κ3) is 2.54. The Balaban J connectivity index is 2.17. The van der Waals surface area contributed by atoms with Crippen LogP contribution in [0.4, 0.5) is 0 Å². The van der Waals surface area contributed by atoms with Gasteiger partial charge in [-0.25, -0.2) is 0 Å². The van der Waals surface area contributed by atoms with Crippen LogP contribution in [0.15, 0.2) is 72.8 Å². The van der Waals surface area contributed by atoms with Crippen molar-refractivity contribution >= 4 is 0 Å². The Labute approximate surface area is 127 Å². The molecular formula is C20H23N. The molecule has 3 rings (SSSR count). The number of allylic oxidation sites excluding steroid dienone is 2. The van der Waals surface area contributed by atoms with Crippen molar-refractivity contribution in [1.82, 2.24) is 0 Å². The number of rotatable bonds is 4. The molecule has 0 aliphatic heterocycles. The van der Waals surface area contributed by atoms with Crippen molar-refractivity contribution in [2.24, 2.45) is 11.7 Å². The molecule has 0 saturated carbocycles. The monoisotopic (exact) mass is 277 g/mol. The Kier molecular flexibility index (Phi) is 4.21. The van der Waals surface area contributed by atoms with Gasteiger partial charge in [0, 0.05) is 12.0 Å². The first kappa shape index (κ1) is 14.1. The van der Waals surface area contributed by atoms with E-state index >= 15 is 0 Å². The second kappa shape index (κ2) is 6.28. The Morgan fingerprint density at radius 3 is 1.90 bits per heavy atom. The normalized spacial score (nSPS) is 18.6. The van der Waals surface area contributed by atoms with Gasteiger partial charge in [0.15, 0.2) is 0 Å². The maximum Gasteiger partial charge on any atom is 0.0387 e. The summed E-state index contributed by atoms with van der Waals surface area (Å²) in [6, 6.07) is 21.5. The first-order chi connectivity index (χ1) is 10.4. The minimum absolute atomic E-state index is 0.112. The molecule has 0 amide bonds. The summed E-state index contributed by atoms with van der Waals surface area (Å²) in [5, 5.41) is 0. The van der Waals surface area contributed by atoms with Crippen LogP contribution in [0, 0.1) is 5.92 Å². The summed E-state index contributed by atoms with van der Waals surface area (Å²) in [6.07, 6.45) is 8.36. The third-order valence-corrected chi connectivity index (χ3v) is 4.79. The van der Waals surface area contributed by atoms with Gasteiger partial charge in [0.2, 0.25) is 0 Å². The van der Waals surface area contributed by atoms with E-state index in [-0.39, 0.29) is 5.41 Å². The summed E-state index contributed by atoms with van der Waals surface area (Å²) in [5.74, 6) is 0.473. The summed E-state index contributed by atoms with van der Waals surface area (Å²) in [7, 11) is 0. The molecule has 1 nitrogen and oxygen atoms in total. The standard InChI is InChI=1S/C20H23N/c21-16-20(17-10-4-1-5-11-17,18-12-6-2-7-13-18)19-14-8-3-9-15-19/h1-2,4-8,10-14,19H,3,9,15-16,21H2. The Morgan fingerprint density at radius 2 is 1.48 bits per heavy atom. The molecule has 108 valence electrons. The fourth-order valence-corrected chi connectivity index (χ4v) is 3.68. The Bertz CT molecular complexity index is 546. The van der Waals surface area contributed by atoms with E-state index in [4.69, 9.17) is 5.73 Å². The van der Waals surface area contributed by atoms with Crippen molar-refractivity contribution in [3.8, 4) is 0 Å². The van der Waals surface area contributed by atoms with Crippen LogP contribution in [0.1, 0.15) is 30.4 Å². The van der Waals surface area contributed by atoms with Crippen LogP contribution in [0.2, 0.25) is 0 Å². The van der Waals surface area contributed by atoms with Crippen LogP contribution in [-0.2, 0) is 5.41 Å². The van der Waals surface area contributed by atoms with E-state index in [2.05, 4.69) is 72.8 Å². The zero-order valence-corrected chi connectivity index (χ0v) is 12.4. The van der Waals surface area contributed by atoms with E-state index in [9.17, 15) is 0 Å². The minimum Gasteiger partial charge on any atom is -0.329 e. The largest absolute Gasteiger partial charge is 0.329 e. The predicted molar refractivity (Wildman–Crippen MR) is 89.2 cm³/mol. The van der Waals surface area contributed by atoms with Gasteiger partial charge in [-0.05, 0) is 36.3 Å². The molecule has 2 aromatic carbocycles. The molecule has 2 aromatic rings. The summed E-state index contributed by atoms with van der Waals surface area (Å²) in [5.41, 5.74) is 8.91. The smallest absolute Gasteiger partial charge is 0.0387 e. The zero-order valence-electron chi connectivity index (χ0n) is 12.4. The maximum absolute atomic E-state index is 6.37. The Hall–Kier alpha value is -1.86. The lowest BCUT2D eigenvalue weighted by Crippen LogP contribution is -2.43. The number of hydrogen-bond acceptors (Lipinski definition) is 1. The van der Waals surface area contributed by atoms with Crippen molar-refractivity contribution in [2.45, 2.75) is 24.7 Å². The highest BCUT2D eigenvalue weighted by Gasteiger charge is 2.39. The molecule has 2 N–H and O–H groups in total. The van der Waals surface area contributed by atoms with Gasteiger partial charge in [-0.2, -0.15) is 0 Å². The molecule has 0 radical (unpaired) electrons. The molecular weight excluding hydrogens is 254 g/mol. The molecule has 1 aliphatic carbocycles. The fraction of sp³-hybridized carbons (Fsp3) is 0.300. The van der Waals surface area contributed by atoms with Crippen LogP contribution < -0.4 is 5.73 Å². The van der Waals surface area contributed by atoms with E-state index in [0.717, 1.165) is 0 Å². The first-order valence-corrected chi connectivity index (χ1v) is 7.86. The molecule has 1 atom stereocenters. The van der Waals surface area contributed by atoms with Gasteiger partial charge >= 0.3 is 0 Å². The fourth-order valence-electron chi connectivity index (χ4n) is 3.68. The van der Waals surface area contributed by atoms with Crippen molar-refractivity contribution in [3.05, 3.63) is 83.9 Å². The lowest BCUT2D eigenvalue weighted by molar-refractivity contribution is 0.352. The molecule has 1 heteroatoms. The second-order valence-electron chi connectivity index (χ2n) is 5.87. The molecule has 0 spiro atoms. The lowest BCUT2D eigenvalue weighted by Gasteiger charge is -2.41. The highest BCUT2D eigenvalue weighted by Crippen LogP contribution is 2.43. The zero-order chi connectivity index (χ0) is 14.5. The van der Waals surface area contributed by atoms with Crippen LogP contribution in [0.5, 0.6) is 0 Å². The first-order valence-electron chi connectivity index (χ1n) is 7.86. The highest BCUT2D eigenvalue weighted by molar-refractivity contribution is 5.42. The molecule has 0 saturated heterocycles. The average Bonchev–Trinajstić information content (AvgIpc) is 2.59. The van der Waals surface area contributed by atoms with Crippen molar-refractivity contribution in [1.29, 1.82) is 0 Å². The van der Waals surface area contributed by atoms with E-state index in [1.165, 1.54) is 30.4 Å². The topological polar surface area (TPSA) is 26.0 Å². The SMILES string of the molecule is NCC(c1ccccc1)(c1ccccc1)C1C=CCCC1. The van der Waals surface area contributed by atoms with E-state index in [1.807, 2.05) is 0 Å². The van der Waals surface area contributed by atoms with Crippen LogP contribution >= 0.6 is 0 Å². The molecule has 0 fully saturated rings. The van der Waals surface area contributed by atoms with E-state index in [1.54, 1.807) is 0 Å². The molecule has 0 heterocycles. The molecule has 21 heavy (non-hydrogen) atoms. The quantitative estimate of drug-likeness (QED) is 0.829. The van der Waals surface area contributed by atoms with E-state index < -0.39 is 0 Å². The van der Waals surface area contributed by atoms with Gasteiger partial charge in [0.25, 0.3) is 0 Å². The van der Waals surface area contributed by atoms with Gasteiger partial charge in [0.05, 0.1) is 0 Å². The second-order valence-corrected chi connectivity index (χ2v) is 5.87. The third-order valence-electron chi connectivity index (χ3n) is 4.79. The molecule has 1 aliphatic rings. The summed E-state index contributed by atoms with van der Waals surface area (Å²) in [6.45, 7) is 0.635. The summed E-state index contributed by atoms with van der Waals surface area (Å²) in [4.78, 5) is 0. The van der Waals surface area contributed by atoms with Crippen LogP contribution in [0.3, 0.4) is 0 Å². The summed E-state index contributed by atoms with van der Waals surface area (Å²) < 4.78 is 0. The maximum atomic E-state index is 6.37. The predicted octanol–water partition coefficient (Wildman–Crippen LogP) is 4.29. The van der Waals surface area contributed by atoms with E-state index in [0.29, 0.717) is 12.5 Å². The van der Waals surface area contributed by atoms with Gasteiger partial charge in [0.1, 0.15) is 0 Å². The molecule has 1 unspecified atom stereocenters. The average molecular weight is 277 g/mol. The molecule has 0 bridgehead atoms. The van der Waals surface area contributed by atoms with Crippen LogP contribution in [-0.4, -0.2) is 6.54 Å². The van der Waals surface area contributed by atoms with Gasteiger partial charge in [-0.1, -0.05) is 72.8 Å². The molecule has 0 aromatic heterocycles.